The van der Waals surface area contributed by atoms with Gasteiger partial charge in [0.05, 0.1) is 22.3 Å². The predicted octanol–water partition coefficient (Wildman–Crippen LogP) is 5.92. The molecule has 3 atom stereocenters. The highest BCUT2D eigenvalue weighted by molar-refractivity contribution is 6.23. The lowest BCUT2D eigenvalue weighted by molar-refractivity contribution is -0.157. The summed E-state index contributed by atoms with van der Waals surface area (Å²) in [6, 6.07) is 18.5. The number of alkyl carbamates (subject to hydrolysis) is 1. The Labute approximate surface area is 307 Å². The fourth-order valence-electron chi connectivity index (χ4n) is 5.85. The number of anilines is 1. The van der Waals surface area contributed by atoms with E-state index in [0.717, 1.165) is 17.2 Å². The first-order valence-corrected chi connectivity index (χ1v) is 17.0. The van der Waals surface area contributed by atoms with E-state index in [1.165, 1.54) is 12.1 Å². The maximum atomic E-state index is 14.4. The lowest BCUT2D eigenvalue weighted by atomic mass is 9.96. The van der Waals surface area contributed by atoms with Gasteiger partial charge in [-0.15, -0.1) is 0 Å². The van der Waals surface area contributed by atoms with Crippen LogP contribution in [-0.2, 0) is 35.0 Å². The Morgan fingerprint density at radius 2 is 1.38 bits per heavy atom. The summed E-state index contributed by atoms with van der Waals surface area (Å²) in [4.78, 5) is 85.8. The van der Waals surface area contributed by atoms with Crippen LogP contribution in [0.15, 0.2) is 85.1 Å². The average molecular weight is 723 g/mol. The molecule has 0 saturated carbocycles. The second-order valence-electron chi connectivity index (χ2n) is 14.5. The van der Waals surface area contributed by atoms with Crippen molar-refractivity contribution in [1.82, 2.24) is 15.2 Å². The number of nitrogens with zero attached hydrogens (tertiary/aromatic N) is 2. The molecule has 53 heavy (non-hydrogen) atoms. The molecule has 1 aromatic heterocycles. The van der Waals surface area contributed by atoms with E-state index in [0.29, 0.717) is 16.8 Å². The minimum absolute atomic E-state index is 0.0108. The first kappa shape index (κ1) is 38.1. The van der Waals surface area contributed by atoms with Crippen LogP contribution in [0.5, 0.6) is 0 Å². The number of ether oxygens (including phenoxy) is 3. The van der Waals surface area contributed by atoms with Crippen molar-refractivity contribution in [3.8, 4) is 0 Å². The van der Waals surface area contributed by atoms with Crippen molar-refractivity contribution >= 4 is 52.3 Å². The fourth-order valence-corrected chi connectivity index (χ4v) is 5.85. The summed E-state index contributed by atoms with van der Waals surface area (Å²) in [6.07, 6.45) is -0.716. The van der Waals surface area contributed by atoms with Gasteiger partial charge in [-0.05, 0) is 76.9 Å². The quantitative estimate of drug-likeness (QED) is 0.114. The van der Waals surface area contributed by atoms with Gasteiger partial charge in [0.15, 0.2) is 12.1 Å². The van der Waals surface area contributed by atoms with Gasteiger partial charge >= 0.3 is 18.0 Å². The second kappa shape index (κ2) is 15.2. The van der Waals surface area contributed by atoms with Gasteiger partial charge in [0.2, 0.25) is 0 Å². The molecule has 0 bridgehead atoms. The van der Waals surface area contributed by atoms with E-state index in [4.69, 9.17) is 14.2 Å². The zero-order chi connectivity index (χ0) is 38.7. The van der Waals surface area contributed by atoms with Gasteiger partial charge in [-0.3, -0.25) is 29.1 Å². The lowest BCUT2D eigenvalue weighted by Gasteiger charge is -2.32. The molecule has 4 amide bonds. The number of imide groups is 1. The first-order chi connectivity index (χ1) is 24.9. The minimum Gasteiger partial charge on any atom is -0.458 e. The number of aromatic nitrogens is 1. The van der Waals surface area contributed by atoms with E-state index in [1.54, 1.807) is 102 Å². The molecule has 13 heteroatoms. The normalized spacial score (nSPS) is 14.5. The summed E-state index contributed by atoms with van der Waals surface area (Å²) in [5, 5.41) is 6.14. The van der Waals surface area contributed by atoms with Crippen LogP contribution in [0, 0.1) is 0 Å². The van der Waals surface area contributed by atoms with Crippen LogP contribution in [0.25, 0.3) is 10.9 Å². The number of hydrogen-bond acceptors (Lipinski definition) is 10. The number of esters is 2. The highest BCUT2D eigenvalue weighted by Gasteiger charge is 2.48. The molecule has 0 spiro atoms. The number of hydrogen-bond donors (Lipinski definition) is 2. The number of para-hydroxylation sites is 1. The molecule has 0 saturated heterocycles. The van der Waals surface area contributed by atoms with Crippen molar-refractivity contribution in [2.75, 3.05) is 5.32 Å². The van der Waals surface area contributed by atoms with Crippen molar-refractivity contribution in [2.24, 2.45) is 0 Å². The topological polar surface area (TPSA) is 170 Å². The zero-order valence-electron chi connectivity index (χ0n) is 30.6. The second-order valence-corrected chi connectivity index (χ2v) is 14.5. The largest absolute Gasteiger partial charge is 0.458 e. The van der Waals surface area contributed by atoms with E-state index in [2.05, 4.69) is 15.6 Å². The SMILES string of the molecule is CC(=O)O[C@H](c1ccc(C[C@H](NC(=O)OC(C)(C)C)C(=O)OC(C)(C)C)cc1)[C@@H](C(=O)Nc1cccc2cccnc12)N1C(=O)c2ccccc2C1=O. The number of amides is 4. The van der Waals surface area contributed by atoms with Crippen molar-refractivity contribution < 1.29 is 43.0 Å². The number of carbonyl (C=O) groups is 6. The van der Waals surface area contributed by atoms with Crippen molar-refractivity contribution in [2.45, 2.75) is 84.3 Å². The molecule has 0 aliphatic carbocycles. The number of pyridine rings is 1. The fraction of sp³-hybridized carbons (Fsp3) is 0.325. The van der Waals surface area contributed by atoms with E-state index in [9.17, 15) is 28.8 Å². The predicted molar refractivity (Wildman–Crippen MR) is 195 cm³/mol. The number of rotatable bonds is 10. The summed E-state index contributed by atoms with van der Waals surface area (Å²) < 4.78 is 16.7. The molecule has 1 aliphatic heterocycles. The smallest absolute Gasteiger partial charge is 0.408 e. The number of nitrogens with one attached hydrogen (secondary N) is 2. The van der Waals surface area contributed by atoms with E-state index < -0.39 is 65.1 Å². The molecule has 1 aliphatic rings. The molecule has 276 valence electrons. The van der Waals surface area contributed by atoms with Crippen molar-refractivity contribution in [3.63, 3.8) is 0 Å². The van der Waals surface area contributed by atoms with Crippen LogP contribution in [0.4, 0.5) is 10.5 Å². The van der Waals surface area contributed by atoms with Crippen molar-refractivity contribution in [3.05, 3.63) is 107 Å². The Kier molecular flexibility index (Phi) is 11.0. The summed E-state index contributed by atoms with van der Waals surface area (Å²) in [5.41, 5.74) is 0.163. The van der Waals surface area contributed by atoms with Crippen LogP contribution in [0.2, 0.25) is 0 Å². The van der Waals surface area contributed by atoms with Crippen molar-refractivity contribution in [1.29, 1.82) is 0 Å². The average Bonchev–Trinajstić information content (AvgIpc) is 3.32. The molecule has 13 nitrogen and oxygen atoms in total. The monoisotopic (exact) mass is 722 g/mol. The first-order valence-electron chi connectivity index (χ1n) is 17.0. The molecule has 4 aromatic rings. The summed E-state index contributed by atoms with van der Waals surface area (Å²) in [7, 11) is 0. The lowest BCUT2D eigenvalue weighted by Crippen LogP contribution is -2.51. The van der Waals surface area contributed by atoms with Gasteiger partial charge in [-0.1, -0.05) is 54.6 Å². The molecule has 3 aromatic carbocycles. The maximum Gasteiger partial charge on any atom is 0.408 e. The molecule has 0 fully saturated rings. The van der Waals surface area contributed by atoms with E-state index >= 15 is 0 Å². The van der Waals surface area contributed by atoms with Crippen LogP contribution in [0.1, 0.15) is 86.4 Å². The van der Waals surface area contributed by atoms with Crippen LogP contribution in [0.3, 0.4) is 0 Å². The summed E-state index contributed by atoms with van der Waals surface area (Å²) >= 11 is 0. The summed E-state index contributed by atoms with van der Waals surface area (Å²) in [6.45, 7) is 11.4. The Morgan fingerprint density at radius 3 is 1.96 bits per heavy atom. The molecular formula is C40H42N4O9. The molecule has 0 radical (unpaired) electrons. The third-order valence-corrected chi connectivity index (χ3v) is 7.97. The highest BCUT2D eigenvalue weighted by Crippen LogP contribution is 2.34. The van der Waals surface area contributed by atoms with Gasteiger partial charge < -0.3 is 24.8 Å². The molecule has 0 unspecified atom stereocenters. The number of benzene rings is 3. The van der Waals surface area contributed by atoms with Gasteiger partial charge in [-0.25, -0.2) is 9.59 Å². The Morgan fingerprint density at radius 1 is 0.774 bits per heavy atom. The van der Waals surface area contributed by atoms with Crippen LogP contribution in [-0.4, -0.2) is 68.9 Å². The van der Waals surface area contributed by atoms with E-state index in [-0.39, 0.29) is 23.1 Å². The molecule has 2 heterocycles. The summed E-state index contributed by atoms with van der Waals surface area (Å²) in [5.74, 6) is -3.73. The Hall–Kier alpha value is -6.11. The van der Waals surface area contributed by atoms with Crippen LogP contribution < -0.4 is 10.6 Å². The maximum absolute atomic E-state index is 14.4. The third kappa shape index (κ3) is 9.23. The number of carbonyl (C=O) groups excluding carboxylic acids is 6. The molecule has 5 rings (SSSR count). The highest BCUT2D eigenvalue weighted by atomic mass is 16.6. The van der Waals surface area contributed by atoms with E-state index in [1.807, 2.05) is 12.1 Å². The molecular weight excluding hydrogens is 680 g/mol. The standard InChI is InChI=1S/C40H42N4O9/c1-23(45)51-33(26-19-17-24(18-20-26)22-30(37(49)52-39(2,3)4)43-38(50)53-40(5,6)7)32(44-35(47)27-14-8-9-15-28(27)36(44)48)34(46)42-29-16-10-12-25-13-11-21-41-31(25)29/h8-21,30,32-33H,22H2,1-7H3,(H,42,46)(H,43,50)/t30-,32-,33+/m0/s1. The van der Waals surface area contributed by atoms with Crippen LogP contribution >= 0.6 is 0 Å². The third-order valence-electron chi connectivity index (χ3n) is 7.97. The van der Waals surface area contributed by atoms with Gasteiger partial charge in [0.1, 0.15) is 17.2 Å². The molecule has 2 N–H and O–H groups in total. The number of fused-ring (bicyclic) bond motifs is 2. The van der Waals surface area contributed by atoms with Gasteiger partial charge in [0.25, 0.3) is 17.7 Å². The van der Waals surface area contributed by atoms with Gasteiger partial charge in [0, 0.05) is 24.9 Å². The van der Waals surface area contributed by atoms with Gasteiger partial charge in [-0.2, -0.15) is 0 Å². The zero-order valence-corrected chi connectivity index (χ0v) is 30.6. The Bertz CT molecular complexity index is 2020. The minimum atomic E-state index is -1.67. The Balaban J connectivity index is 1.52.